The fourth-order valence-corrected chi connectivity index (χ4v) is 1.97. The molecule has 0 saturated heterocycles. The molecule has 96 valence electrons. The van der Waals surface area contributed by atoms with Gasteiger partial charge in [-0.05, 0) is 38.3 Å². The van der Waals surface area contributed by atoms with Crippen LogP contribution in [0, 0.1) is 19.8 Å². The van der Waals surface area contributed by atoms with E-state index in [1.807, 2.05) is 27.0 Å². The van der Waals surface area contributed by atoms with Crippen LogP contribution in [0.2, 0.25) is 0 Å². The molecule has 0 saturated carbocycles. The van der Waals surface area contributed by atoms with Crippen molar-refractivity contribution in [2.75, 3.05) is 11.9 Å². The van der Waals surface area contributed by atoms with Crippen molar-refractivity contribution in [3.63, 3.8) is 0 Å². The molecule has 1 rings (SSSR count). The topological polar surface area (TPSA) is 36.4 Å². The first kappa shape index (κ1) is 14.0. The van der Waals surface area contributed by atoms with Gasteiger partial charge in [0.2, 0.25) is 0 Å². The SMILES string of the molecule is Cc1cc(C)c(CO)c(N(C)C(C)C(C)C)n1. The molecule has 0 aliphatic rings. The van der Waals surface area contributed by atoms with Crippen LogP contribution < -0.4 is 4.90 Å². The molecule has 0 aromatic carbocycles. The van der Waals surface area contributed by atoms with Crippen LogP contribution in [0.25, 0.3) is 0 Å². The van der Waals surface area contributed by atoms with Crippen molar-refractivity contribution in [1.29, 1.82) is 0 Å². The summed E-state index contributed by atoms with van der Waals surface area (Å²) in [6.45, 7) is 10.6. The molecule has 0 aliphatic heterocycles. The van der Waals surface area contributed by atoms with Gasteiger partial charge >= 0.3 is 0 Å². The Labute approximate surface area is 104 Å². The van der Waals surface area contributed by atoms with Crippen LogP contribution in [0.5, 0.6) is 0 Å². The Morgan fingerprint density at radius 2 is 1.88 bits per heavy atom. The van der Waals surface area contributed by atoms with Crippen LogP contribution in [0.15, 0.2) is 6.07 Å². The van der Waals surface area contributed by atoms with Crippen molar-refractivity contribution in [2.45, 2.75) is 47.3 Å². The van der Waals surface area contributed by atoms with E-state index in [2.05, 4.69) is 30.7 Å². The summed E-state index contributed by atoms with van der Waals surface area (Å²) in [7, 11) is 2.05. The molecule has 0 bridgehead atoms. The van der Waals surface area contributed by atoms with Crippen molar-refractivity contribution in [3.05, 3.63) is 22.9 Å². The number of aliphatic hydroxyl groups is 1. The summed E-state index contributed by atoms with van der Waals surface area (Å²) in [4.78, 5) is 6.74. The third-order valence-electron chi connectivity index (χ3n) is 3.52. The summed E-state index contributed by atoms with van der Waals surface area (Å²) in [5.74, 6) is 1.46. The molecule has 0 radical (unpaired) electrons. The summed E-state index contributed by atoms with van der Waals surface area (Å²) >= 11 is 0. The van der Waals surface area contributed by atoms with Crippen LogP contribution in [-0.4, -0.2) is 23.2 Å². The molecule has 1 aromatic heterocycles. The van der Waals surface area contributed by atoms with Gasteiger partial charge in [-0.25, -0.2) is 4.98 Å². The number of aromatic nitrogens is 1. The van der Waals surface area contributed by atoms with Crippen LogP contribution in [0.3, 0.4) is 0 Å². The molecule has 1 N–H and O–H groups in total. The second-order valence-electron chi connectivity index (χ2n) is 5.14. The Hall–Kier alpha value is -1.09. The van der Waals surface area contributed by atoms with E-state index < -0.39 is 0 Å². The summed E-state index contributed by atoms with van der Waals surface area (Å²) in [5, 5.41) is 9.49. The lowest BCUT2D eigenvalue weighted by molar-refractivity contribution is 0.280. The summed E-state index contributed by atoms with van der Waals surface area (Å²) in [5.41, 5.74) is 3.04. The lowest BCUT2D eigenvalue weighted by Gasteiger charge is -2.31. The molecule has 0 spiro atoms. The normalized spacial score (nSPS) is 12.9. The van der Waals surface area contributed by atoms with Gasteiger partial charge in [-0.2, -0.15) is 0 Å². The minimum atomic E-state index is 0.0452. The zero-order valence-electron chi connectivity index (χ0n) is 11.8. The largest absolute Gasteiger partial charge is 0.392 e. The monoisotopic (exact) mass is 236 g/mol. The first-order valence-corrected chi connectivity index (χ1v) is 6.19. The molecule has 0 aliphatic carbocycles. The third kappa shape index (κ3) is 2.97. The fourth-order valence-electron chi connectivity index (χ4n) is 1.97. The first-order valence-electron chi connectivity index (χ1n) is 6.19. The van der Waals surface area contributed by atoms with Crippen molar-refractivity contribution in [1.82, 2.24) is 4.98 Å². The van der Waals surface area contributed by atoms with Gasteiger partial charge in [0.25, 0.3) is 0 Å². The van der Waals surface area contributed by atoms with Crippen molar-refractivity contribution >= 4 is 5.82 Å². The molecular weight excluding hydrogens is 212 g/mol. The second kappa shape index (κ2) is 5.50. The Bertz CT molecular complexity index is 388. The van der Waals surface area contributed by atoms with E-state index in [-0.39, 0.29) is 6.61 Å². The molecule has 1 heterocycles. The van der Waals surface area contributed by atoms with Crippen LogP contribution in [0.4, 0.5) is 5.82 Å². The number of rotatable bonds is 4. The standard InChI is InChI=1S/C14H24N2O/c1-9(2)12(5)16(6)14-13(8-17)10(3)7-11(4)15-14/h7,9,12,17H,8H2,1-6H3. The van der Waals surface area contributed by atoms with Crippen molar-refractivity contribution < 1.29 is 5.11 Å². The highest BCUT2D eigenvalue weighted by atomic mass is 16.3. The van der Waals surface area contributed by atoms with E-state index in [0.717, 1.165) is 22.6 Å². The Morgan fingerprint density at radius 1 is 1.29 bits per heavy atom. The number of anilines is 1. The van der Waals surface area contributed by atoms with Crippen LogP contribution in [0.1, 0.15) is 37.6 Å². The molecule has 3 nitrogen and oxygen atoms in total. The molecule has 0 fully saturated rings. The maximum atomic E-state index is 9.49. The number of hydrogen-bond acceptors (Lipinski definition) is 3. The minimum Gasteiger partial charge on any atom is -0.392 e. The lowest BCUT2D eigenvalue weighted by Crippen LogP contribution is -2.34. The molecular formula is C14H24N2O. The van der Waals surface area contributed by atoms with Crippen molar-refractivity contribution in [2.24, 2.45) is 5.92 Å². The molecule has 1 aromatic rings. The van der Waals surface area contributed by atoms with E-state index in [1.54, 1.807) is 0 Å². The second-order valence-corrected chi connectivity index (χ2v) is 5.14. The zero-order chi connectivity index (χ0) is 13.2. The van der Waals surface area contributed by atoms with E-state index in [9.17, 15) is 5.11 Å². The predicted molar refractivity (Wildman–Crippen MR) is 72.3 cm³/mol. The molecule has 17 heavy (non-hydrogen) atoms. The molecule has 3 heteroatoms. The average molecular weight is 236 g/mol. The number of aliphatic hydroxyl groups excluding tert-OH is 1. The van der Waals surface area contributed by atoms with E-state index >= 15 is 0 Å². The zero-order valence-corrected chi connectivity index (χ0v) is 11.8. The maximum absolute atomic E-state index is 9.49. The summed E-state index contributed by atoms with van der Waals surface area (Å²) in [6.07, 6.45) is 0. The van der Waals surface area contributed by atoms with E-state index in [1.165, 1.54) is 0 Å². The fraction of sp³-hybridized carbons (Fsp3) is 0.643. The smallest absolute Gasteiger partial charge is 0.134 e. The van der Waals surface area contributed by atoms with Gasteiger partial charge < -0.3 is 10.0 Å². The Kier molecular flexibility index (Phi) is 4.52. The number of hydrogen-bond donors (Lipinski definition) is 1. The van der Waals surface area contributed by atoms with Crippen LogP contribution >= 0.6 is 0 Å². The van der Waals surface area contributed by atoms with Crippen LogP contribution in [-0.2, 0) is 6.61 Å². The summed E-state index contributed by atoms with van der Waals surface area (Å²) < 4.78 is 0. The minimum absolute atomic E-state index is 0.0452. The number of pyridine rings is 1. The highest BCUT2D eigenvalue weighted by molar-refractivity contribution is 5.51. The van der Waals surface area contributed by atoms with Gasteiger partial charge in [0.1, 0.15) is 5.82 Å². The highest BCUT2D eigenvalue weighted by Crippen LogP contribution is 2.25. The molecule has 0 amide bonds. The number of nitrogens with zero attached hydrogens (tertiary/aromatic N) is 2. The average Bonchev–Trinajstić information content (AvgIpc) is 2.25. The van der Waals surface area contributed by atoms with Gasteiger partial charge in [0.05, 0.1) is 6.61 Å². The third-order valence-corrected chi connectivity index (χ3v) is 3.52. The first-order chi connectivity index (χ1) is 7.88. The quantitative estimate of drug-likeness (QED) is 0.873. The number of aryl methyl sites for hydroxylation is 2. The molecule has 1 atom stereocenters. The summed E-state index contributed by atoms with van der Waals surface area (Å²) in [6, 6.07) is 2.41. The van der Waals surface area contributed by atoms with Gasteiger partial charge in [-0.3, -0.25) is 0 Å². The van der Waals surface area contributed by atoms with Gasteiger partial charge in [0, 0.05) is 24.3 Å². The molecule has 1 unspecified atom stereocenters. The highest BCUT2D eigenvalue weighted by Gasteiger charge is 2.18. The van der Waals surface area contributed by atoms with Gasteiger partial charge in [-0.1, -0.05) is 13.8 Å². The lowest BCUT2D eigenvalue weighted by atomic mass is 10.0. The maximum Gasteiger partial charge on any atom is 0.134 e. The van der Waals surface area contributed by atoms with E-state index in [4.69, 9.17) is 0 Å². The van der Waals surface area contributed by atoms with Crippen molar-refractivity contribution in [3.8, 4) is 0 Å². The Balaban J connectivity index is 3.20. The van der Waals surface area contributed by atoms with Gasteiger partial charge in [0.15, 0.2) is 0 Å². The van der Waals surface area contributed by atoms with E-state index in [0.29, 0.717) is 12.0 Å². The Morgan fingerprint density at radius 3 is 2.35 bits per heavy atom. The predicted octanol–water partition coefficient (Wildman–Crippen LogP) is 2.67. The van der Waals surface area contributed by atoms with Gasteiger partial charge in [-0.15, -0.1) is 0 Å².